The highest BCUT2D eigenvalue weighted by Crippen LogP contribution is 2.22. The molecule has 2 aromatic carbocycles. The smallest absolute Gasteiger partial charge is 0.257 e. The number of carbonyl (C=O) groups is 1. The third-order valence-electron chi connectivity index (χ3n) is 3.91. The summed E-state index contributed by atoms with van der Waals surface area (Å²) in [4.78, 5) is 12.5. The van der Waals surface area contributed by atoms with Gasteiger partial charge in [-0.2, -0.15) is 0 Å². The van der Waals surface area contributed by atoms with Gasteiger partial charge in [-0.3, -0.25) is 4.79 Å². The second-order valence-corrected chi connectivity index (χ2v) is 6.03. The highest BCUT2D eigenvalue weighted by molar-refractivity contribution is 5.96. The molecule has 4 nitrogen and oxygen atoms in total. The van der Waals surface area contributed by atoms with E-state index in [1.807, 2.05) is 32.0 Å². The van der Waals surface area contributed by atoms with Crippen LogP contribution in [0.4, 0.5) is 0 Å². The number of aromatic nitrogens is 1. The summed E-state index contributed by atoms with van der Waals surface area (Å²) in [6.07, 6.45) is 0. The molecule has 0 fully saturated rings. The molecule has 0 atom stereocenters. The first kappa shape index (κ1) is 15.3. The van der Waals surface area contributed by atoms with Crippen molar-refractivity contribution in [2.45, 2.75) is 33.2 Å². The molecule has 3 rings (SSSR count). The molecule has 0 unspecified atom stereocenters. The van der Waals surface area contributed by atoms with Crippen molar-refractivity contribution in [3.8, 4) is 0 Å². The van der Waals surface area contributed by atoms with E-state index < -0.39 is 0 Å². The fraction of sp³-hybridized carbons (Fsp3) is 0.263. The number of benzene rings is 2. The minimum Gasteiger partial charge on any atom is -0.360 e. The van der Waals surface area contributed by atoms with Crippen LogP contribution >= 0.6 is 0 Å². The second-order valence-electron chi connectivity index (χ2n) is 6.03. The maximum atomic E-state index is 12.5. The van der Waals surface area contributed by atoms with Crippen molar-refractivity contribution >= 4 is 16.7 Å². The van der Waals surface area contributed by atoms with Crippen LogP contribution in [0.2, 0.25) is 0 Å². The molecule has 3 aromatic rings. The standard InChI is InChI=1S/C19H20N2O2/c1-12(2)18-17(13(3)21-23-18)19(22)20-11-14-8-9-15-6-4-5-7-16(15)10-14/h4-10,12H,11H2,1-3H3,(H,20,22). The number of aryl methyl sites for hydroxylation is 1. The second kappa shape index (κ2) is 6.24. The Balaban J connectivity index is 1.77. The van der Waals surface area contributed by atoms with Crippen LogP contribution in [-0.4, -0.2) is 11.1 Å². The minimum absolute atomic E-state index is 0.123. The summed E-state index contributed by atoms with van der Waals surface area (Å²) < 4.78 is 5.28. The Morgan fingerprint density at radius 3 is 2.65 bits per heavy atom. The summed E-state index contributed by atoms with van der Waals surface area (Å²) in [7, 11) is 0. The predicted octanol–water partition coefficient (Wildman–Crippen LogP) is 4.19. The number of carbonyl (C=O) groups excluding carboxylic acids is 1. The summed E-state index contributed by atoms with van der Waals surface area (Å²) in [6, 6.07) is 14.4. The Morgan fingerprint density at radius 1 is 1.17 bits per heavy atom. The Labute approximate surface area is 135 Å². The van der Waals surface area contributed by atoms with Gasteiger partial charge in [0.05, 0.1) is 5.69 Å². The molecule has 1 heterocycles. The van der Waals surface area contributed by atoms with Gasteiger partial charge in [0.2, 0.25) is 0 Å². The van der Waals surface area contributed by atoms with Crippen molar-refractivity contribution < 1.29 is 9.32 Å². The maximum Gasteiger partial charge on any atom is 0.257 e. The number of fused-ring (bicyclic) bond motifs is 1. The average molecular weight is 308 g/mol. The van der Waals surface area contributed by atoms with Crippen LogP contribution in [0.15, 0.2) is 47.0 Å². The van der Waals surface area contributed by atoms with Crippen molar-refractivity contribution in [2.24, 2.45) is 0 Å². The molecule has 0 spiro atoms. The van der Waals surface area contributed by atoms with E-state index >= 15 is 0 Å². The zero-order chi connectivity index (χ0) is 16.4. The third-order valence-corrected chi connectivity index (χ3v) is 3.91. The van der Waals surface area contributed by atoms with Gasteiger partial charge in [0.1, 0.15) is 5.56 Å². The molecule has 0 saturated carbocycles. The minimum atomic E-state index is -0.138. The Hall–Kier alpha value is -2.62. The molecule has 4 heteroatoms. The normalized spacial score (nSPS) is 11.1. The van der Waals surface area contributed by atoms with Crippen molar-refractivity contribution in [3.05, 3.63) is 65.0 Å². The lowest BCUT2D eigenvalue weighted by Gasteiger charge is -2.08. The van der Waals surface area contributed by atoms with E-state index in [-0.39, 0.29) is 11.8 Å². The van der Waals surface area contributed by atoms with E-state index in [9.17, 15) is 4.79 Å². The van der Waals surface area contributed by atoms with Crippen molar-refractivity contribution in [1.29, 1.82) is 0 Å². The molecular weight excluding hydrogens is 288 g/mol. The van der Waals surface area contributed by atoms with Gasteiger partial charge in [-0.25, -0.2) is 0 Å². The van der Waals surface area contributed by atoms with Crippen molar-refractivity contribution in [3.63, 3.8) is 0 Å². The first-order valence-corrected chi connectivity index (χ1v) is 7.78. The van der Waals surface area contributed by atoms with Gasteiger partial charge in [0, 0.05) is 12.5 Å². The Kier molecular flexibility index (Phi) is 4.15. The Morgan fingerprint density at radius 2 is 1.91 bits per heavy atom. The molecule has 23 heavy (non-hydrogen) atoms. The van der Waals surface area contributed by atoms with Gasteiger partial charge >= 0.3 is 0 Å². The van der Waals surface area contributed by atoms with E-state index in [2.05, 4.69) is 34.7 Å². The molecule has 1 amide bonds. The van der Waals surface area contributed by atoms with Gasteiger partial charge in [-0.1, -0.05) is 55.4 Å². The predicted molar refractivity (Wildman–Crippen MR) is 90.4 cm³/mol. The largest absolute Gasteiger partial charge is 0.360 e. The molecule has 118 valence electrons. The summed E-state index contributed by atoms with van der Waals surface area (Å²) in [5, 5.41) is 9.25. The molecule has 1 N–H and O–H groups in total. The van der Waals surface area contributed by atoms with Crippen LogP contribution in [0.1, 0.15) is 47.1 Å². The van der Waals surface area contributed by atoms with Crippen LogP contribution in [0.25, 0.3) is 10.8 Å². The molecule has 1 aromatic heterocycles. The molecule has 0 aliphatic carbocycles. The summed E-state index contributed by atoms with van der Waals surface area (Å²) in [5.74, 6) is 0.622. The van der Waals surface area contributed by atoms with Crippen LogP contribution in [0.3, 0.4) is 0 Å². The highest BCUT2D eigenvalue weighted by Gasteiger charge is 2.22. The topological polar surface area (TPSA) is 55.1 Å². The molecule has 0 aliphatic rings. The molecule has 0 radical (unpaired) electrons. The summed E-state index contributed by atoms with van der Waals surface area (Å²) >= 11 is 0. The average Bonchev–Trinajstić information content (AvgIpc) is 2.94. The van der Waals surface area contributed by atoms with E-state index in [0.717, 1.165) is 5.56 Å². The lowest BCUT2D eigenvalue weighted by atomic mass is 10.0. The number of hydrogen-bond acceptors (Lipinski definition) is 3. The van der Waals surface area contributed by atoms with Crippen molar-refractivity contribution in [2.75, 3.05) is 0 Å². The van der Waals surface area contributed by atoms with Gasteiger partial charge < -0.3 is 9.84 Å². The zero-order valence-electron chi connectivity index (χ0n) is 13.6. The van der Waals surface area contributed by atoms with E-state index in [1.165, 1.54) is 10.8 Å². The monoisotopic (exact) mass is 308 g/mol. The number of nitrogens with zero attached hydrogens (tertiary/aromatic N) is 1. The van der Waals surface area contributed by atoms with Crippen molar-refractivity contribution in [1.82, 2.24) is 10.5 Å². The van der Waals surface area contributed by atoms with Gasteiger partial charge in [0.25, 0.3) is 5.91 Å². The quantitative estimate of drug-likeness (QED) is 0.786. The highest BCUT2D eigenvalue weighted by atomic mass is 16.5. The van der Waals surface area contributed by atoms with Crippen LogP contribution in [0.5, 0.6) is 0 Å². The fourth-order valence-electron chi connectivity index (χ4n) is 2.68. The van der Waals surface area contributed by atoms with E-state index in [4.69, 9.17) is 4.52 Å². The molecule has 0 aliphatic heterocycles. The van der Waals surface area contributed by atoms with Gasteiger partial charge in [0.15, 0.2) is 5.76 Å². The first-order valence-electron chi connectivity index (χ1n) is 7.78. The summed E-state index contributed by atoms with van der Waals surface area (Å²) in [5.41, 5.74) is 2.25. The Bertz CT molecular complexity index is 849. The number of rotatable bonds is 4. The third kappa shape index (κ3) is 3.11. The van der Waals surface area contributed by atoms with Crippen LogP contribution in [0, 0.1) is 6.92 Å². The zero-order valence-corrected chi connectivity index (χ0v) is 13.6. The van der Waals surface area contributed by atoms with Crippen LogP contribution < -0.4 is 5.32 Å². The van der Waals surface area contributed by atoms with Crippen LogP contribution in [-0.2, 0) is 6.54 Å². The number of amides is 1. The lowest BCUT2D eigenvalue weighted by Crippen LogP contribution is -2.24. The SMILES string of the molecule is Cc1noc(C(C)C)c1C(=O)NCc1ccc2ccccc2c1. The molecule has 0 saturated heterocycles. The summed E-state index contributed by atoms with van der Waals surface area (Å²) in [6.45, 7) is 6.24. The van der Waals surface area contributed by atoms with Gasteiger partial charge in [-0.15, -0.1) is 0 Å². The number of hydrogen-bond donors (Lipinski definition) is 1. The fourth-order valence-corrected chi connectivity index (χ4v) is 2.68. The lowest BCUT2D eigenvalue weighted by molar-refractivity contribution is 0.0948. The first-order chi connectivity index (χ1) is 11.1. The maximum absolute atomic E-state index is 12.5. The van der Waals surface area contributed by atoms with E-state index in [1.54, 1.807) is 6.92 Å². The molecular formula is C19H20N2O2. The number of nitrogens with one attached hydrogen (secondary N) is 1. The molecule has 0 bridgehead atoms. The van der Waals surface area contributed by atoms with Gasteiger partial charge in [-0.05, 0) is 29.3 Å². The van der Waals surface area contributed by atoms with E-state index in [0.29, 0.717) is 23.6 Å².